The lowest BCUT2D eigenvalue weighted by molar-refractivity contribution is -1.07. The van der Waals surface area contributed by atoms with Gasteiger partial charge in [0.05, 0.1) is 17.8 Å². The fraction of sp³-hybridized carbons (Fsp3) is 1.00. The molecule has 0 aliphatic carbocycles. The summed E-state index contributed by atoms with van der Waals surface area (Å²) in [6, 6.07) is 0. The van der Waals surface area contributed by atoms with Gasteiger partial charge in [0.1, 0.15) is 39.3 Å². The molecular formula is C9H20N2OS+2. The average Bonchev–Trinajstić information content (AvgIpc) is 2.07. The van der Waals surface area contributed by atoms with Gasteiger partial charge in [0.15, 0.2) is 5.88 Å². The third-order valence-electron chi connectivity index (χ3n) is 3.80. The molecule has 0 N–H and O–H groups in total. The summed E-state index contributed by atoms with van der Waals surface area (Å²) in [6.07, 6.45) is 1.84. The minimum atomic E-state index is -0.626. The summed E-state index contributed by atoms with van der Waals surface area (Å²) >= 11 is 0. The Morgan fingerprint density at radius 2 is 1.54 bits per heavy atom. The molecule has 3 aliphatic heterocycles. The Hall–Kier alpha value is 0.0700. The van der Waals surface area contributed by atoms with Crippen molar-refractivity contribution >= 4 is 10.8 Å². The minimum absolute atomic E-state index is 0.626. The summed E-state index contributed by atoms with van der Waals surface area (Å²) in [5, 5.41) is 0. The highest BCUT2D eigenvalue weighted by atomic mass is 32.2. The van der Waals surface area contributed by atoms with Crippen molar-refractivity contribution in [2.75, 3.05) is 58.4 Å². The highest BCUT2D eigenvalue weighted by Crippen LogP contribution is 2.24. The molecule has 0 aromatic rings. The zero-order valence-corrected chi connectivity index (χ0v) is 9.48. The summed E-state index contributed by atoms with van der Waals surface area (Å²) in [4.78, 5) is 0. The van der Waals surface area contributed by atoms with Crippen LogP contribution in [0, 0.1) is 0 Å². The normalized spacial score (nSPS) is 46.3. The smallest absolute Gasteiger partial charge is 0.155 e. The highest BCUT2D eigenvalue weighted by Gasteiger charge is 2.46. The number of hydrogen-bond acceptors (Lipinski definition) is 1. The number of hydrogen-bond donors (Lipinski definition) is 0. The number of likely N-dealkylation sites (N-methyl/N-ethyl adjacent to an activating group) is 1. The fourth-order valence-corrected chi connectivity index (χ4v) is 3.77. The van der Waals surface area contributed by atoms with Crippen molar-refractivity contribution in [3.8, 4) is 0 Å². The lowest BCUT2D eigenvalue weighted by atomic mass is 10.1. The molecule has 0 saturated carbocycles. The van der Waals surface area contributed by atoms with Gasteiger partial charge in [-0.05, 0) is 0 Å². The van der Waals surface area contributed by atoms with Crippen molar-refractivity contribution < 1.29 is 13.2 Å². The number of quaternary nitrogens is 2. The molecule has 0 radical (unpaired) electrons. The molecule has 13 heavy (non-hydrogen) atoms. The van der Waals surface area contributed by atoms with Gasteiger partial charge in [0.2, 0.25) is 0 Å². The van der Waals surface area contributed by atoms with Crippen LogP contribution in [0.5, 0.6) is 0 Å². The first-order valence-electron chi connectivity index (χ1n) is 5.02. The van der Waals surface area contributed by atoms with Crippen LogP contribution in [-0.4, -0.2) is 71.6 Å². The van der Waals surface area contributed by atoms with E-state index >= 15 is 0 Å². The van der Waals surface area contributed by atoms with Gasteiger partial charge in [0, 0.05) is 6.26 Å². The maximum atomic E-state index is 11.3. The second-order valence-electron chi connectivity index (χ2n) is 5.01. The van der Waals surface area contributed by atoms with Gasteiger partial charge in [-0.2, -0.15) is 0 Å². The Morgan fingerprint density at radius 3 is 1.92 bits per heavy atom. The molecule has 3 rings (SSSR count). The van der Waals surface area contributed by atoms with Crippen molar-refractivity contribution in [3.63, 3.8) is 0 Å². The first-order chi connectivity index (χ1) is 6.04. The van der Waals surface area contributed by atoms with Crippen molar-refractivity contribution in [2.45, 2.75) is 0 Å². The quantitative estimate of drug-likeness (QED) is 0.560. The Bertz CT molecular complexity index is 217. The molecule has 0 spiro atoms. The van der Waals surface area contributed by atoms with E-state index in [0.717, 1.165) is 10.4 Å². The Kier molecular flexibility index (Phi) is 2.25. The van der Waals surface area contributed by atoms with E-state index < -0.39 is 10.8 Å². The van der Waals surface area contributed by atoms with E-state index in [9.17, 15) is 4.21 Å². The van der Waals surface area contributed by atoms with Gasteiger partial charge in [0.25, 0.3) is 0 Å². The monoisotopic (exact) mass is 204 g/mol. The summed E-state index contributed by atoms with van der Waals surface area (Å²) in [6.45, 7) is 7.60. The molecule has 1 unspecified atom stereocenters. The molecule has 4 heteroatoms. The van der Waals surface area contributed by atoms with Crippen LogP contribution in [0.25, 0.3) is 0 Å². The van der Waals surface area contributed by atoms with Gasteiger partial charge in [-0.15, -0.1) is 0 Å². The third-order valence-corrected chi connectivity index (χ3v) is 4.71. The van der Waals surface area contributed by atoms with Crippen molar-refractivity contribution in [1.29, 1.82) is 0 Å². The zero-order valence-electron chi connectivity index (χ0n) is 8.66. The second kappa shape index (κ2) is 3.04. The molecule has 1 atom stereocenters. The van der Waals surface area contributed by atoms with Gasteiger partial charge in [-0.25, -0.2) is 0 Å². The van der Waals surface area contributed by atoms with Crippen LogP contribution in [0.2, 0.25) is 0 Å². The number of nitrogens with zero attached hydrogens (tertiary/aromatic N) is 2. The molecular weight excluding hydrogens is 184 g/mol. The molecule has 3 saturated heterocycles. The largest absolute Gasteiger partial charge is 0.312 e. The molecule has 0 aromatic carbocycles. The molecule has 3 fully saturated rings. The van der Waals surface area contributed by atoms with Crippen LogP contribution in [0.15, 0.2) is 0 Å². The van der Waals surface area contributed by atoms with Crippen LogP contribution in [0.1, 0.15) is 0 Å². The Balaban J connectivity index is 2.07. The lowest BCUT2D eigenvalue weighted by Crippen LogP contribution is -2.74. The molecule has 0 amide bonds. The van der Waals surface area contributed by atoms with Crippen molar-refractivity contribution in [1.82, 2.24) is 0 Å². The maximum absolute atomic E-state index is 11.3. The lowest BCUT2D eigenvalue weighted by Gasteiger charge is -2.53. The number of fused-ring (bicyclic) bond motifs is 3. The standard InChI is InChI=1S/C9H20N2OS/c1-10-3-6-11(7-4-10,8-5-10)9-13(2)12/h3-9H2,1-2H3/q+2. The van der Waals surface area contributed by atoms with Crippen LogP contribution >= 0.6 is 0 Å². The van der Waals surface area contributed by atoms with Gasteiger partial charge in [-0.3, -0.25) is 8.69 Å². The molecule has 0 aromatic heterocycles. The molecule has 3 aliphatic rings. The number of rotatable bonds is 2. The first kappa shape index (κ1) is 9.62. The molecule has 3 nitrogen and oxygen atoms in total. The van der Waals surface area contributed by atoms with Crippen molar-refractivity contribution in [3.05, 3.63) is 0 Å². The molecule has 3 heterocycles. The first-order valence-corrected chi connectivity index (χ1v) is 6.75. The van der Waals surface area contributed by atoms with E-state index in [2.05, 4.69) is 7.05 Å². The van der Waals surface area contributed by atoms with Gasteiger partial charge in [-0.1, -0.05) is 0 Å². The summed E-state index contributed by atoms with van der Waals surface area (Å²) < 4.78 is 13.7. The Morgan fingerprint density at radius 1 is 1.08 bits per heavy atom. The average molecular weight is 204 g/mol. The third kappa shape index (κ3) is 1.80. The van der Waals surface area contributed by atoms with Gasteiger partial charge < -0.3 is 4.48 Å². The van der Waals surface area contributed by atoms with Gasteiger partial charge >= 0.3 is 0 Å². The van der Waals surface area contributed by atoms with E-state index in [1.807, 2.05) is 6.26 Å². The molecule has 2 bridgehead atoms. The predicted molar refractivity (Wildman–Crippen MR) is 54.6 cm³/mol. The van der Waals surface area contributed by atoms with Crippen molar-refractivity contribution in [2.24, 2.45) is 0 Å². The highest BCUT2D eigenvalue weighted by molar-refractivity contribution is 7.84. The predicted octanol–water partition coefficient (Wildman–Crippen LogP) is -0.387. The second-order valence-corrected chi connectivity index (χ2v) is 6.41. The molecule has 76 valence electrons. The van der Waals surface area contributed by atoms with E-state index in [1.54, 1.807) is 0 Å². The Labute approximate surface area is 83.0 Å². The fourth-order valence-electron chi connectivity index (χ4n) is 2.61. The summed E-state index contributed by atoms with van der Waals surface area (Å²) in [5.41, 5.74) is 0. The van der Waals surface area contributed by atoms with Crippen LogP contribution < -0.4 is 0 Å². The topological polar surface area (TPSA) is 17.1 Å². The summed E-state index contributed by atoms with van der Waals surface area (Å²) in [5.74, 6) is 0.889. The van der Waals surface area contributed by atoms with E-state index in [4.69, 9.17) is 0 Å². The van der Waals surface area contributed by atoms with E-state index in [0.29, 0.717) is 0 Å². The minimum Gasteiger partial charge on any atom is -0.312 e. The zero-order chi connectivity index (χ0) is 9.53. The van der Waals surface area contributed by atoms with Crippen LogP contribution in [-0.2, 0) is 10.8 Å². The maximum Gasteiger partial charge on any atom is 0.155 e. The van der Waals surface area contributed by atoms with Crippen LogP contribution in [0.4, 0.5) is 0 Å². The summed E-state index contributed by atoms with van der Waals surface area (Å²) in [7, 11) is 1.73. The number of piperazine rings is 3. The van der Waals surface area contributed by atoms with Crippen LogP contribution in [0.3, 0.4) is 0 Å². The SMILES string of the molecule is CS(=O)C[N+]12CC[N+](C)(CC1)CC2. The van der Waals surface area contributed by atoms with E-state index in [1.165, 1.54) is 43.8 Å². The van der Waals surface area contributed by atoms with E-state index in [-0.39, 0.29) is 0 Å².